The molecule has 2 aliphatic heterocycles. The second-order valence-electron chi connectivity index (χ2n) is 8.37. The van der Waals surface area contributed by atoms with Crippen molar-refractivity contribution in [1.82, 2.24) is 20.4 Å². The van der Waals surface area contributed by atoms with Crippen molar-refractivity contribution in [2.24, 2.45) is 10.9 Å². The fourth-order valence-corrected chi connectivity index (χ4v) is 4.11. The molecule has 1 atom stereocenters. The molecule has 0 radical (unpaired) electrons. The number of nitrogens with zero attached hydrogens (tertiary/aromatic N) is 3. The lowest BCUT2D eigenvalue weighted by Gasteiger charge is -2.30. The van der Waals surface area contributed by atoms with Gasteiger partial charge >= 0.3 is 0 Å². The molecule has 29 heavy (non-hydrogen) atoms. The Morgan fingerprint density at radius 3 is 2.55 bits per heavy atom. The van der Waals surface area contributed by atoms with Crippen LogP contribution in [0.5, 0.6) is 0 Å². The predicted octanol–water partition coefficient (Wildman–Crippen LogP) is 2.31. The van der Waals surface area contributed by atoms with Gasteiger partial charge in [-0.1, -0.05) is 31.2 Å². The molecule has 1 unspecified atom stereocenters. The van der Waals surface area contributed by atoms with E-state index in [-0.39, 0.29) is 0 Å². The van der Waals surface area contributed by atoms with Crippen molar-refractivity contribution in [1.29, 1.82) is 0 Å². The topological polar surface area (TPSA) is 52.1 Å². The fourth-order valence-electron chi connectivity index (χ4n) is 4.11. The van der Waals surface area contributed by atoms with Gasteiger partial charge in [-0.25, -0.2) is 4.99 Å². The molecule has 2 fully saturated rings. The first-order chi connectivity index (χ1) is 14.2. The highest BCUT2D eigenvalue weighted by atomic mass is 16.5. The molecule has 162 valence electrons. The first kappa shape index (κ1) is 22.1. The van der Waals surface area contributed by atoms with E-state index in [0.29, 0.717) is 6.54 Å². The van der Waals surface area contributed by atoms with Crippen LogP contribution in [0.15, 0.2) is 29.3 Å². The Kier molecular flexibility index (Phi) is 9.25. The molecule has 0 spiro atoms. The number of rotatable bonds is 8. The van der Waals surface area contributed by atoms with Gasteiger partial charge < -0.3 is 15.4 Å². The molecule has 6 heteroatoms. The maximum atomic E-state index is 5.41. The summed E-state index contributed by atoms with van der Waals surface area (Å²) in [4.78, 5) is 9.78. The van der Waals surface area contributed by atoms with Crippen molar-refractivity contribution >= 4 is 5.96 Å². The first-order valence-electron chi connectivity index (χ1n) is 11.4. The predicted molar refractivity (Wildman–Crippen MR) is 120 cm³/mol. The summed E-state index contributed by atoms with van der Waals surface area (Å²) in [7, 11) is 0. The molecule has 0 amide bonds. The second kappa shape index (κ2) is 12.2. The van der Waals surface area contributed by atoms with Crippen molar-refractivity contribution in [3.8, 4) is 0 Å². The molecular formula is C23H39N5O. The van der Waals surface area contributed by atoms with Crippen LogP contribution < -0.4 is 10.6 Å². The van der Waals surface area contributed by atoms with E-state index in [1.807, 2.05) is 0 Å². The summed E-state index contributed by atoms with van der Waals surface area (Å²) in [6.45, 7) is 15.3. The Morgan fingerprint density at radius 1 is 1.07 bits per heavy atom. The Hall–Kier alpha value is -1.63. The summed E-state index contributed by atoms with van der Waals surface area (Å²) >= 11 is 0. The van der Waals surface area contributed by atoms with E-state index < -0.39 is 0 Å². The summed E-state index contributed by atoms with van der Waals surface area (Å²) in [6.07, 6.45) is 2.71. The van der Waals surface area contributed by atoms with E-state index in [0.717, 1.165) is 64.4 Å². The minimum atomic E-state index is 0.702. The summed E-state index contributed by atoms with van der Waals surface area (Å²) in [5.74, 6) is 1.73. The zero-order valence-corrected chi connectivity index (χ0v) is 18.3. The molecule has 0 aromatic heterocycles. The fraction of sp³-hybridized carbons (Fsp3) is 0.696. The molecule has 3 rings (SSSR count). The van der Waals surface area contributed by atoms with E-state index in [1.165, 1.54) is 37.1 Å². The van der Waals surface area contributed by atoms with Gasteiger partial charge in [-0.05, 0) is 43.4 Å². The maximum Gasteiger partial charge on any atom is 0.191 e. The van der Waals surface area contributed by atoms with Crippen LogP contribution in [0.1, 0.15) is 37.8 Å². The summed E-state index contributed by atoms with van der Waals surface area (Å²) in [6, 6.07) is 8.98. The van der Waals surface area contributed by atoms with Crippen LogP contribution in [0.3, 0.4) is 0 Å². The number of aliphatic imine (C=N–C) groups is 1. The minimum Gasteiger partial charge on any atom is -0.379 e. The first-order valence-corrected chi connectivity index (χ1v) is 11.4. The molecule has 0 bridgehead atoms. The quantitative estimate of drug-likeness (QED) is 0.517. The second-order valence-corrected chi connectivity index (χ2v) is 8.37. The van der Waals surface area contributed by atoms with Crippen LogP contribution in [-0.2, 0) is 17.8 Å². The number of nitrogens with one attached hydrogen (secondary N) is 2. The zero-order valence-electron chi connectivity index (χ0n) is 18.3. The van der Waals surface area contributed by atoms with Gasteiger partial charge in [0.05, 0.1) is 19.8 Å². The number of piperidine rings is 1. The number of likely N-dealkylation sites (tertiary alicyclic amines) is 1. The van der Waals surface area contributed by atoms with Gasteiger partial charge in [-0.3, -0.25) is 9.80 Å². The molecule has 6 nitrogen and oxygen atoms in total. The SMILES string of the molecule is CCNC(=NCc1ccc(CN2CCCC(C)C2)cc1)NCCN1CCOCC1. The van der Waals surface area contributed by atoms with Crippen LogP contribution in [0.4, 0.5) is 0 Å². The molecular weight excluding hydrogens is 362 g/mol. The van der Waals surface area contributed by atoms with E-state index >= 15 is 0 Å². The van der Waals surface area contributed by atoms with Gasteiger partial charge in [0.1, 0.15) is 0 Å². The number of morpholine rings is 1. The third-order valence-electron chi connectivity index (χ3n) is 5.76. The van der Waals surface area contributed by atoms with Crippen molar-refractivity contribution in [3.63, 3.8) is 0 Å². The normalized spacial score (nSPS) is 21.9. The molecule has 1 aromatic rings. The zero-order chi connectivity index (χ0) is 20.3. The van der Waals surface area contributed by atoms with Crippen molar-refractivity contribution in [3.05, 3.63) is 35.4 Å². The van der Waals surface area contributed by atoms with Crippen LogP contribution in [-0.4, -0.2) is 74.8 Å². The van der Waals surface area contributed by atoms with E-state index in [2.05, 4.69) is 58.5 Å². The smallest absolute Gasteiger partial charge is 0.191 e. The third-order valence-corrected chi connectivity index (χ3v) is 5.76. The lowest BCUT2D eigenvalue weighted by molar-refractivity contribution is 0.0389. The molecule has 1 aromatic carbocycles. The molecule has 0 aliphatic carbocycles. The molecule has 2 N–H and O–H groups in total. The molecule has 0 saturated carbocycles. The standard InChI is InChI=1S/C23H39N5O/c1-3-24-23(25-10-12-27-13-15-29-16-14-27)26-17-21-6-8-22(9-7-21)19-28-11-4-5-20(2)18-28/h6-9,20H,3-5,10-19H2,1-2H3,(H2,24,25,26). The van der Waals surface area contributed by atoms with Crippen molar-refractivity contribution < 1.29 is 4.74 Å². The third kappa shape index (κ3) is 7.96. The Balaban J connectivity index is 1.44. The van der Waals surface area contributed by atoms with Gasteiger partial charge in [-0.2, -0.15) is 0 Å². The lowest BCUT2D eigenvalue weighted by atomic mass is 9.99. The number of ether oxygens (including phenoxy) is 1. The van der Waals surface area contributed by atoms with Gasteiger partial charge in [-0.15, -0.1) is 0 Å². The van der Waals surface area contributed by atoms with Crippen LogP contribution >= 0.6 is 0 Å². The van der Waals surface area contributed by atoms with Crippen LogP contribution in [0.25, 0.3) is 0 Å². The minimum absolute atomic E-state index is 0.702. The van der Waals surface area contributed by atoms with Crippen molar-refractivity contribution in [2.75, 3.05) is 59.0 Å². The largest absolute Gasteiger partial charge is 0.379 e. The highest BCUT2D eigenvalue weighted by Crippen LogP contribution is 2.18. The highest BCUT2D eigenvalue weighted by Gasteiger charge is 2.16. The molecule has 2 saturated heterocycles. The Morgan fingerprint density at radius 2 is 1.83 bits per heavy atom. The van der Waals surface area contributed by atoms with Crippen LogP contribution in [0.2, 0.25) is 0 Å². The number of hydrogen-bond donors (Lipinski definition) is 2. The van der Waals surface area contributed by atoms with Gasteiger partial charge in [0, 0.05) is 45.8 Å². The Labute approximate surface area is 176 Å². The summed E-state index contributed by atoms with van der Waals surface area (Å²) in [5, 5.41) is 6.81. The van der Waals surface area contributed by atoms with E-state index in [1.54, 1.807) is 0 Å². The van der Waals surface area contributed by atoms with E-state index in [4.69, 9.17) is 9.73 Å². The monoisotopic (exact) mass is 401 g/mol. The number of benzene rings is 1. The highest BCUT2D eigenvalue weighted by molar-refractivity contribution is 5.79. The van der Waals surface area contributed by atoms with Crippen molar-refractivity contribution in [2.45, 2.75) is 39.8 Å². The summed E-state index contributed by atoms with van der Waals surface area (Å²) in [5.41, 5.74) is 2.66. The van der Waals surface area contributed by atoms with Gasteiger partial charge in [0.15, 0.2) is 5.96 Å². The Bertz CT molecular complexity index is 612. The van der Waals surface area contributed by atoms with Crippen LogP contribution in [0, 0.1) is 5.92 Å². The lowest BCUT2D eigenvalue weighted by Crippen LogP contribution is -2.44. The number of guanidine groups is 1. The van der Waals surface area contributed by atoms with Gasteiger partial charge in [0.2, 0.25) is 0 Å². The average Bonchev–Trinajstić information content (AvgIpc) is 2.74. The van der Waals surface area contributed by atoms with E-state index in [9.17, 15) is 0 Å². The number of hydrogen-bond acceptors (Lipinski definition) is 4. The van der Waals surface area contributed by atoms with Gasteiger partial charge in [0.25, 0.3) is 0 Å². The maximum absolute atomic E-state index is 5.41. The summed E-state index contributed by atoms with van der Waals surface area (Å²) < 4.78 is 5.41. The average molecular weight is 402 g/mol. The molecule has 2 aliphatic rings. The molecule has 2 heterocycles.